The molecule has 1 fully saturated rings. The highest BCUT2D eigenvalue weighted by atomic mass is 79.9. The molecule has 0 radical (unpaired) electrons. The number of pyridine rings is 1. The van der Waals surface area contributed by atoms with Crippen molar-refractivity contribution in [1.29, 1.82) is 0 Å². The maximum atomic E-state index is 15.7. The molecule has 1 aliphatic rings. The van der Waals surface area contributed by atoms with E-state index in [2.05, 4.69) is 41.3 Å². The number of hydrogen-bond donors (Lipinski definition) is 1. The van der Waals surface area contributed by atoms with Crippen LogP contribution in [0.2, 0.25) is 0 Å². The number of nitrogens with zero attached hydrogens (tertiary/aromatic N) is 6. The van der Waals surface area contributed by atoms with Gasteiger partial charge in [0.1, 0.15) is 34.5 Å². The van der Waals surface area contributed by atoms with Crippen LogP contribution in [0, 0.1) is 13.8 Å². The Labute approximate surface area is 249 Å². The number of fused-ring (bicyclic) bond motifs is 1. The Morgan fingerprint density at radius 3 is 2.57 bits per heavy atom. The van der Waals surface area contributed by atoms with Crippen LogP contribution >= 0.6 is 15.9 Å². The van der Waals surface area contributed by atoms with Gasteiger partial charge >= 0.3 is 0 Å². The van der Waals surface area contributed by atoms with Gasteiger partial charge < -0.3 is 15.0 Å². The lowest BCUT2D eigenvalue weighted by atomic mass is 10.0. The number of alkyl halides is 1. The Hall–Kier alpha value is -4.10. The molecular formula is C29H29BrFN7O4. The summed E-state index contributed by atoms with van der Waals surface area (Å²) in [5.74, 6) is -0.423. The van der Waals surface area contributed by atoms with Crippen LogP contribution in [0.15, 0.2) is 47.3 Å². The molecule has 1 aromatic carbocycles. The number of ketones is 1. The lowest BCUT2D eigenvalue weighted by Gasteiger charge is -2.24. The third kappa shape index (κ3) is 5.93. The fourth-order valence-electron chi connectivity index (χ4n) is 5.13. The number of aromatic nitrogens is 5. The van der Waals surface area contributed by atoms with Crippen LogP contribution in [-0.4, -0.2) is 79.2 Å². The average molecular weight is 638 g/mol. The van der Waals surface area contributed by atoms with E-state index in [9.17, 15) is 14.4 Å². The number of anilines is 1. The Kier molecular flexibility index (Phi) is 8.15. The monoisotopic (exact) mass is 637 g/mol. The van der Waals surface area contributed by atoms with E-state index in [4.69, 9.17) is 4.74 Å². The number of hydrogen-bond acceptors (Lipinski definition) is 8. The molecule has 2 atom stereocenters. The van der Waals surface area contributed by atoms with Gasteiger partial charge in [-0.1, -0.05) is 12.1 Å². The summed E-state index contributed by atoms with van der Waals surface area (Å²) in [6.07, 6.45) is 3.14. The second-order valence-corrected chi connectivity index (χ2v) is 11.2. The minimum Gasteiger partial charge on any atom is -0.381 e. The van der Waals surface area contributed by atoms with E-state index in [1.807, 2.05) is 6.07 Å². The van der Waals surface area contributed by atoms with E-state index in [1.54, 1.807) is 50.5 Å². The number of ether oxygens (including phenoxy) is 1. The summed E-state index contributed by atoms with van der Waals surface area (Å²) in [6.45, 7) is 4.05. The van der Waals surface area contributed by atoms with Gasteiger partial charge in [0.15, 0.2) is 11.5 Å². The van der Waals surface area contributed by atoms with E-state index < -0.39 is 23.5 Å². The Morgan fingerprint density at radius 1 is 1.14 bits per heavy atom. The number of benzene rings is 1. The van der Waals surface area contributed by atoms with Crippen molar-refractivity contribution >= 4 is 50.2 Å². The summed E-state index contributed by atoms with van der Waals surface area (Å²) in [5.41, 5.74) is 1.07. The largest absolute Gasteiger partial charge is 0.381 e. The molecule has 2 amide bonds. The number of likely N-dealkylation sites (tertiary alicyclic amines) is 1. The predicted molar refractivity (Wildman–Crippen MR) is 157 cm³/mol. The number of amides is 2. The summed E-state index contributed by atoms with van der Waals surface area (Å²) in [6, 6.07) is 7.80. The highest BCUT2D eigenvalue weighted by Gasteiger charge is 2.49. The van der Waals surface area contributed by atoms with Gasteiger partial charge in [0, 0.05) is 43.8 Å². The minimum absolute atomic E-state index is 0.193. The van der Waals surface area contributed by atoms with Crippen molar-refractivity contribution in [3.05, 3.63) is 64.4 Å². The van der Waals surface area contributed by atoms with Crippen LogP contribution < -0.4 is 5.32 Å². The molecule has 11 nitrogen and oxygen atoms in total. The third-order valence-electron chi connectivity index (χ3n) is 7.20. The van der Waals surface area contributed by atoms with Gasteiger partial charge in [-0.3, -0.25) is 19.1 Å². The van der Waals surface area contributed by atoms with E-state index in [0.717, 1.165) is 11.1 Å². The molecule has 5 rings (SSSR count). The van der Waals surface area contributed by atoms with Gasteiger partial charge in [0.05, 0.1) is 18.7 Å². The van der Waals surface area contributed by atoms with E-state index >= 15 is 4.39 Å². The summed E-state index contributed by atoms with van der Waals surface area (Å²) in [7, 11) is 1.37. The third-order valence-corrected chi connectivity index (χ3v) is 7.64. The fourth-order valence-corrected chi connectivity index (χ4v) is 5.44. The molecule has 1 N–H and O–H groups in total. The number of halogens is 2. The number of aryl methyl sites for hydroxylation is 2. The molecule has 4 aromatic rings. The Bertz CT molecular complexity index is 1690. The standard InChI is InChI=1S/C29H29BrFN7O4/c1-16-5-8-24(30)34-27(16)35-28(41)23-10-29(31,15-42-4)14-37(23)25(40)13-38-22-7-6-19(20-11-32-18(3)33-12-20)9-21(22)26(36-38)17(2)39/h5-9,11-12,23H,10,13-15H2,1-4H3,(H,34,35,41)/t23-,29-/m0/s1. The first-order valence-corrected chi connectivity index (χ1v) is 14.0. The van der Waals surface area contributed by atoms with Gasteiger partial charge in [0.2, 0.25) is 11.8 Å². The summed E-state index contributed by atoms with van der Waals surface area (Å²) < 4.78 is 22.7. The number of carbonyl (C=O) groups is 3. The second kappa shape index (κ2) is 11.6. The Morgan fingerprint density at radius 2 is 1.88 bits per heavy atom. The molecule has 0 aliphatic carbocycles. The van der Waals surface area contributed by atoms with Crippen LogP contribution in [0.4, 0.5) is 10.2 Å². The molecule has 3 aromatic heterocycles. The van der Waals surface area contributed by atoms with Gasteiger partial charge in [-0.2, -0.15) is 5.10 Å². The van der Waals surface area contributed by atoms with Crippen LogP contribution in [0.25, 0.3) is 22.0 Å². The first-order valence-electron chi connectivity index (χ1n) is 13.2. The quantitative estimate of drug-likeness (QED) is 0.226. The zero-order valence-corrected chi connectivity index (χ0v) is 25.1. The van der Waals surface area contributed by atoms with Crippen LogP contribution in [0.1, 0.15) is 35.2 Å². The lowest BCUT2D eigenvalue weighted by molar-refractivity contribution is -0.137. The van der Waals surface area contributed by atoms with E-state index in [1.165, 1.54) is 23.6 Å². The van der Waals surface area contributed by atoms with Crippen molar-refractivity contribution in [3.63, 3.8) is 0 Å². The molecule has 1 saturated heterocycles. The second-order valence-electron chi connectivity index (χ2n) is 10.4. The topological polar surface area (TPSA) is 132 Å². The summed E-state index contributed by atoms with van der Waals surface area (Å²) >= 11 is 3.29. The van der Waals surface area contributed by atoms with Gasteiger partial charge in [-0.15, -0.1) is 0 Å². The molecule has 0 bridgehead atoms. The lowest BCUT2D eigenvalue weighted by Crippen LogP contribution is -2.45. The smallest absolute Gasteiger partial charge is 0.248 e. The van der Waals surface area contributed by atoms with Crippen LogP contribution in [-0.2, 0) is 20.9 Å². The molecule has 0 saturated carbocycles. The van der Waals surface area contributed by atoms with Crippen LogP contribution in [0.3, 0.4) is 0 Å². The molecule has 218 valence electrons. The fraction of sp³-hybridized carbons (Fsp3) is 0.345. The minimum atomic E-state index is -1.92. The van der Waals surface area contributed by atoms with Crippen molar-refractivity contribution in [3.8, 4) is 11.1 Å². The molecule has 42 heavy (non-hydrogen) atoms. The SMILES string of the molecule is COC[C@]1(F)C[C@@H](C(=O)Nc2nc(Br)ccc2C)N(C(=O)Cn2nc(C(C)=O)c3cc(-c4cnc(C)nc4)ccc32)C1. The number of methoxy groups -OCH3 is 1. The zero-order chi connectivity index (χ0) is 30.2. The van der Waals surface area contributed by atoms with Crippen molar-refractivity contribution < 1.29 is 23.5 Å². The molecule has 0 spiro atoms. The first kappa shape index (κ1) is 29.4. The van der Waals surface area contributed by atoms with E-state index in [-0.39, 0.29) is 37.6 Å². The number of rotatable bonds is 8. The molecular weight excluding hydrogens is 609 g/mol. The summed E-state index contributed by atoms with van der Waals surface area (Å²) in [5, 5.41) is 7.73. The van der Waals surface area contributed by atoms with Crippen molar-refractivity contribution in [2.24, 2.45) is 0 Å². The van der Waals surface area contributed by atoms with Gasteiger partial charge in [0.25, 0.3) is 0 Å². The number of Topliss-reactive ketones (excluding diaryl/α,β-unsaturated/α-hetero) is 1. The predicted octanol–water partition coefficient (Wildman–Crippen LogP) is 4.06. The van der Waals surface area contributed by atoms with Crippen molar-refractivity contribution in [1.82, 2.24) is 29.6 Å². The normalized spacial score (nSPS) is 18.4. The van der Waals surface area contributed by atoms with Gasteiger partial charge in [-0.05, 0) is 59.1 Å². The van der Waals surface area contributed by atoms with Crippen molar-refractivity contribution in [2.45, 2.75) is 45.4 Å². The van der Waals surface area contributed by atoms with Crippen molar-refractivity contribution in [2.75, 3.05) is 25.6 Å². The molecule has 1 aliphatic heterocycles. The average Bonchev–Trinajstić information content (AvgIpc) is 3.49. The van der Waals surface area contributed by atoms with Crippen LogP contribution in [0.5, 0.6) is 0 Å². The number of carbonyl (C=O) groups excluding carboxylic acids is 3. The summed E-state index contributed by atoms with van der Waals surface area (Å²) in [4.78, 5) is 53.6. The maximum Gasteiger partial charge on any atom is 0.248 e. The first-order chi connectivity index (χ1) is 20.0. The zero-order valence-electron chi connectivity index (χ0n) is 23.5. The molecule has 4 heterocycles. The highest BCUT2D eigenvalue weighted by molar-refractivity contribution is 9.10. The number of nitrogens with one attached hydrogen (secondary N) is 1. The highest BCUT2D eigenvalue weighted by Crippen LogP contribution is 2.33. The molecule has 0 unspecified atom stereocenters. The Balaban J connectivity index is 1.45. The van der Waals surface area contributed by atoms with Gasteiger partial charge in [-0.25, -0.2) is 19.3 Å². The van der Waals surface area contributed by atoms with E-state index in [0.29, 0.717) is 32.7 Å². The molecule has 13 heteroatoms. The maximum absolute atomic E-state index is 15.7.